The second-order valence-corrected chi connectivity index (χ2v) is 5.47. The van der Waals surface area contributed by atoms with Crippen LogP contribution in [-0.2, 0) is 0 Å². The number of carbonyl (C=O) groups excluding carboxylic acids is 1. The molecule has 116 valence electrons. The lowest BCUT2D eigenvalue weighted by Crippen LogP contribution is -2.38. The number of likely N-dealkylation sites (tertiary alicyclic amines) is 1. The lowest BCUT2D eigenvalue weighted by atomic mass is 10.1. The number of benzene rings is 1. The molecule has 2 heterocycles. The van der Waals surface area contributed by atoms with Crippen LogP contribution in [0.3, 0.4) is 0 Å². The zero-order valence-corrected chi connectivity index (χ0v) is 11.8. The van der Waals surface area contributed by atoms with Crippen LogP contribution < -0.4 is 0 Å². The van der Waals surface area contributed by atoms with Gasteiger partial charge in [0, 0.05) is 30.1 Å². The van der Waals surface area contributed by atoms with E-state index in [1.807, 2.05) is 35.2 Å². The maximum absolute atomic E-state index is 13.5. The highest BCUT2D eigenvalue weighted by atomic mass is 19.3. The molecule has 1 aromatic heterocycles. The van der Waals surface area contributed by atoms with Crippen LogP contribution in [0.5, 0.6) is 0 Å². The van der Waals surface area contributed by atoms with Gasteiger partial charge in [0.2, 0.25) is 0 Å². The van der Waals surface area contributed by atoms with Crippen molar-refractivity contribution in [1.82, 2.24) is 9.47 Å². The number of aliphatic hydroxyl groups is 1. The van der Waals surface area contributed by atoms with Crippen LogP contribution >= 0.6 is 0 Å². The number of amides is 1. The zero-order valence-electron chi connectivity index (χ0n) is 11.8. The minimum atomic E-state index is -2.94. The summed E-state index contributed by atoms with van der Waals surface area (Å²) in [5.74, 6) is -3.42. The standard InChI is InChI=1S/C16H16F2N2O2/c17-16(18)9-14(10-21)20(11-16)15(22)12-4-3-5-13(8-12)19-6-1-2-7-19/h1-8,14,21H,9-11H2. The molecule has 0 saturated carbocycles. The van der Waals surface area contributed by atoms with Crippen molar-refractivity contribution in [3.05, 3.63) is 54.4 Å². The highest BCUT2D eigenvalue weighted by Crippen LogP contribution is 2.32. The molecular formula is C16H16F2N2O2. The summed E-state index contributed by atoms with van der Waals surface area (Å²) in [5, 5.41) is 9.24. The lowest BCUT2D eigenvalue weighted by Gasteiger charge is -2.22. The molecule has 1 aliphatic heterocycles. The third-order valence-electron chi connectivity index (χ3n) is 3.84. The Hall–Kier alpha value is -2.21. The SMILES string of the molecule is O=C(c1cccc(-n2cccc2)c1)N1CC(F)(F)CC1CO. The van der Waals surface area contributed by atoms with Crippen molar-refractivity contribution in [2.45, 2.75) is 18.4 Å². The molecule has 1 saturated heterocycles. The first-order valence-corrected chi connectivity index (χ1v) is 7.03. The first kappa shape index (κ1) is 14.7. The Morgan fingerprint density at radius 2 is 2.00 bits per heavy atom. The number of hydrogen-bond donors (Lipinski definition) is 1. The number of hydrogen-bond acceptors (Lipinski definition) is 2. The van der Waals surface area contributed by atoms with Gasteiger partial charge in [-0.1, -0.05) is 6.07 Å². The first-order valence-electron chi connectivity index (χ1n) is 7.03. The third kappa shape index (κ3) is 2.74. The van der Waals surface area contributed by atoms with E-state index in [1.54, 1.807) is 18.2 Å². The maximum Gasteiger partial charge on any atom is 0.267 e. The Morgan fingerprint density at radius 1 is 1.27 bits per heavy atom. The Kier molecular flexibility index (Phi) is 3.70. The topological polar surface area (TPSA) is 45.5 Å². The van der Waals surface area contributed by atoms with E-state index in [1.165, 1.54) is 0 Å². The molecular weight excluding hydrogens is 290 g/mol. The van der Waals surface area contributed by atoms with Gasteiger partial charge in [-0.05, 0) is 30.3 Å². The lowest BCUT2D eigenvalue weighted by molar-refractivity contribution is 0.0116. The molecule has 0 aliphatic carbocycles. The fourth-order valence-electron chi connectivity index (χ4n) is 2.77. The Bertz CT molecular complexity index is 671. The molecule has 3 rings (SSSR count). The van der Waals surface area contributed by atoms with Crippen LogP contribution in [0.2, 0.25) is 0 Å². The third-order valence-corrected chi connectivity index (χ3v) is 3.84. The van der Waals surface area contributed by atoms with E-state index in [0.29, 0.717) is 5.56 Å². The number of alkyl halides is 2. The quantitative estimate of drug-likeness (QED) is 0.946. The van der Waals surface area contributed by atoms with Gasteiger partial charge in [0.25, 0.3) is 11.8 Å². The van der Waals surface area contributed by atoms with E-state index < -0.39 is 37.4 Å². The van der Waals surface area contributed by atoms with Crippen LogP contribution in [0.25, 0.3) is 5.69 Å². The summed E-state index contributed by atoms with van der Waals surface area (Å²) in [5.41, 5.74) is 1.12. The normalized spacial score (nSPS) is 20.3. The molecule has 1 fully saturated rings. The van der Waals surface area contributed by atoms with Gasteiger partial charge in [0.1, 0.15) is 0 Å². The summed E-state index contributed by atoms with van der Waals surface area (Å²) in [7, 11) is 0. The molecule has 0 radical (unpaired) electrons. The predicted octanol–water partition coefficient (Wildman–Crippen LogP) is 2.32. The van der Waals surface area contributed by atoms with Crippen LogP contribution in [0.1, 0.15) is 16.8 Å². The molecule has 1 N–H and O–H groups in total. The molecule has 1 unspecified atom stereocenters. The second-order valence-electron chi connectivity index (χ2n) is 5.47. The molecule has 6 heteroatoms. The van der Waals surface area contributed by atoms with Crippen molar-refractivity contribution < 1.29 is 18.7 Å². The van der Waals surface area contributed by atoms with Gasteiger partial charge in [-0.25, -0.2) is 8.78 Å². The fourth-order valence-corrected chi connectivity index (χ4v) is 2.77. The molecule has 2 aromatic rings. The zero-order chi connectivity index (χ0) is 15.7. The minimum Gasteiger partial charge on any atom is -0.394 e. The summed E-state index contributed by atoms with van der Waals surface area (Å²) in [6, 6.07) is 9.68. The number of carbonyl (C=O) groups is 1. The van der Waals surface area contributed by atoms with Crippen LogP contribution in [0.15, 0.2) is 48.8 Å². The van der Waals surface area contributed by atoms with Gasteiger partial charge < -0.3 is 14.6 Å². The van der Waals surface area contributed by atoms with Crippen molar-refractivity contribution in [2.75, 3.05) is 13.2 Å². The molecule has 1 aromatic carbocycles. The number of aromatic nitrogens is 1. The van der Waals surface area contributed by atoms with Gasteiger partial charge in [-0.2, -0.15) is 0 Å². The van der Waals surface area contributed by atoms with E-state index in [0.717, 1.165) is 10.6 Å². The van der Waals surface area contributed by atoms with E-state index in [2.05, 4.69) is 0 Å². The van der Waals surface area contributed by atoms with E-state index in [-0.39, 0.29) is 0 Å². The number of aliphatic hydroxyl groups excluding tert-OH is 1. The largest absolute Gasteiger partial charge is 0.394 e. The average molecular weight is 306 g/mol. The summed E-state index contributed by atoms with van der Waals surface area (Å²) >= 11 is 0. The molecule has 22 heavy (non-hydrogen) atoms. The van der Waals surface area contributed by atoms with Crippen molar-refractivity contribution >= 4 is 5.91 Å². The molecule has 0 spiro atoms. The molecule has 4 nitrogen and oxygen atoms in total. The number of halogens is 2. The van der Waals surface area contributed by atoms with Crippen molar-refractivity contribution in [2.24, 2.45) is 0 Å². The summed E-state index contributed by atoms with van der Waals surface area (Å²) in [6.07, 6.45) is 3.18. The van der Waals surface area contributed by atoms with Gasteiger partial charge in [0.05, 0.1) is 19.2 Å². The minimum absolute atomic E-state index is 0.336. The van der Waals surface area contributed by atoms with Crippen molar-refractivity contribution in [3.8, 4) is 5.69 Å². The van der Waals surface area contributed by atoms with Gasteiger partial charge in [-0.3, -0.25) is 4.79 Å². The van der Waals surface area contributed by atoms with Crippen molar-refractivity contribution in [1.29, 1.82) is 0 Å². The molecule has 1 amide bonds. The average Bonchev–Trinajstić information content (AvgIpc) is 3.14. The van der Waals surface area contributed by atoms with E-state index in [4.69, 9.17) is 0 Å². The van der Waals surface area contributed by atoms with Crippen LogP contribution in [0.4, 0.5) is 8.78 Å². The highest BCUT2D eigenvalue weighted by Gasteiger charge is 2.46. The highest BCUT2D eigenvalue weighted by molar-refractivity contribution is 5.95. The Labute approximate surface area is 126 Å². The van der Waals surface area contributed by atoms with Crippen LogP contribution in [-0.4, -0.2) is 45.6 Å². The van der Waals surface area contributed by atoms with E-state index in [9.17, 15) is 18.7 Å². The van der Waals surface area contributed by atoms with Gasteiger partial charge in [-0.15, -0.1) is 0 Å². The van der Waals surface area contributed by atoms with Gasteiger partial charge >= 0.3 is 0 Å². The number of nitrogens with zero attached hydrogens (tertiary/aromatic N) is 2. The molecule has 0 bridgehead atoms. The summed E-state index contributed by atoms with van der Waals surface area (Å²) in [4.78, 5) is 13.6. The second kappa shape index (κ2) is 5.53. The molecule has 1 atom stereocenters. The fraction of sp³-hybridized carbons (Fsp3) is 0.312. The van der Waals surface area contributed by atoms with Crippen LogP contribution in [0, 0.1) is 0 Å². The summed E-state index contributed by atoms with van der Waals surface area (Å²) < 4.78 is 28.8. The van der Waals surface area contributed by atoms with Crippen molar-refractivity contribution in [3.63, 3.8) is 0 Å². The molecule has 1 aliphatic rings. The first-order chi connectivity index (χ1) is 10.5. The van der Waals surface area contributed by atoms with Gasteiger partial charge in [0.15, 0.2) is 0 Å². The summed E-state index contributed by atoms with van der Waals surface area (Å²) in [6.45, 7) is -1.11. The Balaban J connectivity index is 1.88. The maximum atomic E-state index is 13.5. The van der Waals surface area contributed by atoms with E-state index >= 15 is 0 Å². The monoisotopic (exact) mass is 306 g/mol. The number of rotatable bonds is 3. The predicted molar refractivity (Wildman–Crippen MR) is 77.2 cm³/mol. The smallest absolute Gasteiger partial charge is 0.267 e. The Morgan fingerprint density at radius 3 is 2.68 bits per heavy atom.